The second-order valence-electron chi connectivity index (χ2n) is 6.65. The fourth-order valence-electron chi connectivity index (χ4n) is 3.00. The molecule has 7 heteroatoms. The lowest BCUT2D eigenvalue weighted by Gasteiger charge is -2.11. The van der Waals surface area contributed by atoms with Crippen molar-refractivity contribution in [3.05, 3.63) is 94.2 Å². The summed E-state index contributed by atoms with van der Waals surface area (Å²) in [6.45, 7) is 2.00. The van der Waals surface area contributed by atoms with E-state index in [-0.39, 0.29) is 17.4 Å². The highest BCUT2D eigenvalue weighted by atomic mass is 79.9. The van der Waals surface area contributed by atoms with Crippen LogP contribution in [0.5, 0.6) is 0 Å². The van der Waals surface area contributed by atoms with E-state index in [9.17, 15) is 9.18 Å². The van der Waals surface area contributed by atoms with E-state index >= 15 is 0 Å². The minimum atomic E-state index is -0.376. The first-order valence-corrected chi connectivity index (χ1v) is 11.0. The van der Waals surface area contributed by atoms with Crippen molar-refractivity contribution in [3.63, 3.8) is 0 Å². The molecule has 0 radical (unpaired) electrons. The van der Waals surface area contributed by atoms with Crippen LogP contribution < -0.4 is 0 Å². The number of hydrogen-bond acceptors (Lipinski definition) is 4. The molecule has 3 aromatic carbocycles. The summed E-state index contributed by atoms with van der Waals surface area (Å²) in [5.41, 5.74) is 2.88. The van der Waals surface area contributed by atoms with Crippen molar-refractivity contribution in [2.75, 3.05) is 5.75 Å². The molecule has 4 nitrogen and oxygen atoms in total. The maximum Gasteiger partial charge on any atom is 0.196 e. The molecule has 150 valence electrons. The van der Waals surface area contributed by atoms with Crippen molar-refractivity contribution >= 4 is 33.5 Å². The highest BCUT2D eigenvalue weighted by Crippen LogP contribution is 2.30. The molecule has 0 saturated carbocycles. The first kappa shape index (κ1) is 20.5. The van der Waals surface area contributed by atoms with E-state index in [1.807, 2.05) is 49.4 Å². The molecule has 1 aromatic heterocycles. The quantitative estimate of drug-likeness (QED) is 0.246. The number of Topliss-reactive ketones (excluding diaryl/α,β-unsaturated/α-hetero) is 1. The zero-order valence-electron chi connectivity index (χ0n) is 16.0. The third-order valence-electron chi connectivity index (χ3n) is 4.55. The van der Waals surface area contributed by atoms with Gasteiger partial charge < -0.3 is 0 Å². The lowest BCUT2D eigenvalue weighted by Crippen LogP contribution is -2.06. The minimum Gasteiger partial charge on any atom is -0.293 e. The Morgan fingerprint density at radius 3 is 2.43 bits per heavy atom. The lowest BCUT2D eigenvalue weighted by atomic mass is 10.1. The molecule has 0 aliphatic carbocycles. The molecule has 4 rings (SSSR count). The summed E-state index contributed by atoms with van der Waals surface area (Å²) in [6, 6.07) is 21.6. The average Bonchev–Trinajstić information content (AvgIpc) is 3.17. The summed E-state index contributed by atoms with van der Waals surface area (Å²) < 4.78 is 17.0. The Morgan fingerprint density at radius 2 is 1.70 bits per heavy atom. The van der Waals surface area contributed by atoms with Gasteiger partial charge in [-0.25, -0.2) is 4.39 Å². The summed E-state index contributed by atoms with van der Waals surface area (Å²) in [5.74, 6) is 0.175. The van der Waals surface area contributed by atoms with E-state index in [1.165, 1.54) is 17.8 Å². The fraction of sp³-hybridized carbons (Fsp3) is 0.0870. The van der Waals surface area contributed by atoms with E-state index in [0.717, 1.165) is 15.7 Å². The molecule has 0 bridgehead atoms. The van der Waals surface area contributed by atoms with Gasteiger partial charge in [-0.05, 0) is 37.3 Å². The fourth-order valence-corrected chi connectivity index (χ4v) is 4.34. The molecule has 30 heavy (non-hydrogen) atoms. The summed E-state index contributed by atoms with van der Waals surface area (Å²) in [6.07, 6.45) is 0. The number of nitrogens with zero attached hydrogens (tertiary/aromatic N) is 3. The second-order valence-corrected chi connectivity index (χ2v) is 8.45. The van der Waals surface area contributed by atoms with Crippen LogP contribution in [0.15, 0.2) is 82.4 Å². The minimum absolute atomic E-state index is 0.0293. The molecule has 0 aliphatic rings. The largest absolute Gasteiger partial charge is 0.293 e. The number of aryl methyl sites for hydroxylation is 1. The van der Waals surface area contributed by atoms with Crippen LogP contribution in [0, 0.1) is 12.7 Å². The number of benzene rings is 3. The number of carbonyl (C=O) groups is 1. The van der Waals surface area contributed by atoms with Crippen LogP contribution in [-0.2, 0) is 0 Å². The highest BCUT2D eigenvalue weighted by Gasteiger charge is 2.20. The number of aromatic nitrogens is 3. The van der Waals surface area contributed by atoms with E-state index in [4.69, 9.17) is 0 Å². The van der Waals surface area contributed by atoms with Gasteiger partial charge in [0.05, 0.1) is 11.3 Å². The maximum atomic E-state index is 14.5. The number of ketones is 1. The molecular weight excluding hydrogens is 465 g/mol. The monoisotopic (exact) mass is 481 g/mol. The normalized spacial score (nSPS) is 10.9. The molecule has 4 aromatic rings. The van der Waals surface area contributed by atoms with Gasteiger partial charge in [0.25, 0.3) is 0 Å². The van der Waals surface area contributed by atoms with Gasteiger partial charge in [-0.1, -0.05) is 75.7 Å². The number of halogens is 2. The van der Waals surface area contributed by atoms with E-state index in [1.54, 1.807) is 28.8 Å². The number of rotatable bonds is 6. The van der Waals surface area contributed by atoms with Crippen LogP contribution in [0.2, 0.25) is 0 Å². The molecule has 0 spiro atoms. The Kier molecular flexibility index (Phi) is 6.11. The first-order chi connectivity index (χ1) is 14.5. The third kappa shape index (κ3) is 4.22. The Morgan fingerprint density at radius 1 is 1.00 bits per heavy atom. The van der Waals surface area contributed by atoms with Gasteiger partial charge in [-0.2, -0.15) is 0 Å². The van der Waals surface area contributed by atoms with Crippen LogP contribution in [0.3, 0.4) is 0 Å². The molecule has 1 heterocycles. The third-order valence-corrected chi connectivity index (χ3v) is 6.17. The van der Waals surface area contributed by atoms with E-state index in [0.29, 0.717) is 22.1 Å². The maximum absolute atomic E-state index is 14.5. The van der Waals surface area contributed by atoms with Gasteiger partial charge in [-0.3, -0.25) is 9.36 Å². The van der Waals surface area contributed by atoms with Crippen LogP contribution in [0.25, 0.3) is 17.1 Å². The van der Waals surface area contributed by atoms with Crippen LogP contribution in [-0.4, -0.2) is 26.3 Å². The molecular formula is C23H17BrFN3OS. The van der Waals surface area contributed by atoms with Gasteiger partial charge in [0.2, 0.25) is 0 Å². The van der Waals surface area contributed by atoms with Crippen molar-refractivity contribution in [1.82, 2.24) is 14.8 Å². The Labute approximate surface area is 186 Å². The molecule has 0 fully saturated rings. The summed E-state index contributed by atoms with van der Waals surface area (Å²) in [7, 11) is 0. The van der Waals surface area contributed by atoms with Crippen LogP contribution >= 0.6 is 27.7 Å². The Bertz CT molecular complexity index is 1210. The predicted octanol–water partition coefficient (Wildman–Crippen LogP) is 6.12. The standard InChI is InChI=1S/C23H17BrFN3OS/c1-15-10-12-16(13-11-15)28-22(18-7-3-5-9-20(18)25)26-27-23(28)30-14-21(29)17-6-2-4-8-19(17)24/h2-13H,14H2,1H3. The smallest absolute Gasteiger partial charge is 0.196 e. The molecule has 0 unspecified atom stereocenters. The van der Waals surface area contributed by atoms with Gasteiger partial charge in [0.15, 0.2) is 16.8 Å². The first-order valence-electron chi connectivity index (χ1n) is 9.22. The van der Waals surface area contributed by atoms with E-state index < -0.39 is 0 Å². The summed E-state index contributed by atoms with van der Waals surface area (Å²) in [4.78, 5) is 12.7. The molecule has 0 amide bonds. The van der Waals surface area contributed by atoms with Gasteiger partial charge in [-0.15, -0.1) is 10.2 Å². The number of thioether (sulfide) groups is 1. The van der Waals surface area contributed by atoms with E-state index in [2.05, 4.69) is 26.1 Å². The zero-order chi connectivity index (χ0) is 21.1. The zero-order valence-corrected chi connectivity index (χ0v) is 18.5. The van der Waals surface area contributed by atoms with Crippen molar-refractivity contribution in [1.29, 1.82) is 0 Å². The molecule has 0 saturated heterocycles. The summed E-state index contributed by atoms with van der Waals surface area (Å²) >= 11 is 4.69. The Hall–Kier alpha value is -2.77. The lowest BCUT2D eigenvalue weighted by molar-refractivity contribution is 0.102. The predicted molar refractivity (Wildman–Crippen MR) is 121 cm³/mol. The SMILES string of the molecule is Cc1ccc(-n2c(SCC(=O)c3ccccc3Br)nnc2-c2ccccc2F)cc1. The van der Waals surface area contributed by atoms with Gasteiger partial charge in [0.1, 0.15) is 5.82 Å². The topological polar surface area (TPSA) is 47.8 Å². The van der Waals surface area contributed by atoms with Crippen molar-refractivity contribution in [2.24, 2.45) is 0 Å². The summed E-state index contributed by atoms with van der Waals surface area (Å²) in [5, 5.41) is 9.04. The van der Waals surface area contributed by atoms with Gasteiger partial charge >= 0.3 is 0 Å². The second kappa shape index (κ2) is 8.93. The van der Waals surface area contributed by atoms with Gasteiger partial charge in [0, 0.05) is 15.7 Å². The average molecular weight is 482 g/mol. The van der Waals surface area contributed by atoms with Crippen molar-refractivity contribution < 1.29 is 9.18 Å². The number of carbonyl (C=O) groups excluding carboxylic acids is 1. The molecule has 0 aliphatic heterocycles. The number of hydrogen-bond donors (Lipinski definition) is 0. The van der Waals surface area contributed by atoms with Crippen LogP contribution in [0.1, 0.15) is 15.9 Å². The van der Waals surface area contributed by atoms with Crippen LogP contribution in [0.4, 0.5) is 4.39 Å². The highest BCUT2D eigenvalue weighted by molar-refractivity contribution is 9.10. The van der Waals surface area contributed by atoms with Crippen molar-refractivity contribution in [2.45, 2.75) is 12.1 Å². The molecule has 0 atom stereocenters. The molecule has 0 N–H and O–H groups in total. The Balaban J connectivity index is 1.71. The van der Waals surface area contributed by atoms with Crippen molar-refractivity contribution in [3.8, 4) is 17.1 Å².